The molecule has 0 saturated carbocycles. The Balaban J connectivity index is 1.49. The zero-order valence-electron chi connectivity index (χ0n) is 11.7. The molecule has 19 heavy (non-hydrogen) atoms. The van der Waals surface area contributed by atoms with Gasteiger partial charge in [-0.25, -0.2) is 0 Å². The Morgan fingerprint density at radius 3 is 2.95 bits per heavy atom. The van der Waals surface area contributed by atoms with Crippen LogP contribution in [0.2, 0.25) is 0 Å². The molecule has 1 aliphatic rings. The van der Waals surface area contributed by atoms with E-state index in [0.717, 1.165) is 19.0 Å². The quantitative estimate of drug-likeness (QED) is 0.882. The molecule has 2 heterocycles. The van der Waals surface area contributed by atoms with Crippen LogP contribution in [-0.2, 0) is 6.54 Å². The van der Waals surface area contributed by atoms with Gasteiger partial charge in [0.05, 0.1) is 0 Å². The maximum Gasteiger partial charge on any atom is 0.0454 e. The fourth-order valence-corrected chi connectivity index (χ4v) is 2.90. The Kier molecular flexibility index (Phi) is 3.85. The number of benzene rings is 1. The van der Waals surface area contributed by atoms with Crippen LogP contribution in [0.1, 0.15) is 18.4 Å². The third-order valence-electron chi connectivity index (χ3n) is 4.22. The van der Waals surface area contributed by atoms with Crippen molar-refractivity contribution in [3.8, 4) is 0 Å². The van der Waals surface area contributed by atoms with Crippen LogP contribution in [-0.4, -0.2) is 36.6 Å². The van der Waals surface area contributed by atoms with Gasteiger partial charge >= 0.3 is 0 Å². The number of nitrogens with one attached hydrogen (secondary N) is 2. The first-order valence-corrected chi connectivity index (χ1v) is 7.26. The van der Waals surface area contributed by atoms with Gasteiger partial charge in [-0.3, -0.25) is 0 Å². The Morgan fingerprint density at radius 2 is 2.11 bits per heavy atom. The van der Waals surface area contributed by atoms with Gasteiger partial charge in [-0.05, 0) is 74.6 Å². The number of aromatic amines is 1. The van der Waals surface area contributed by atoms with Gasteiger partial charge in [0.2, 0.25) is 0 Å². The van der Waals surface area contributed by atoms with Crippen LogP contribution in [0.3, 0.4) is 0 Å². The molecule has 0 bridgehead atoms. The van der Waals surface area contributed by atoms with Crippen molar-refractivity contribution in [2.24, 2.45) is 5.92 Å². The molecule has 1 aromatic heterocycles. The summed E-state index contributed by atoms with van der Waals surface area (Å²) in [5.41, 5.74) is 2.60. The van der Waals surface area contributed by atoms with Crippen LogP contribution in [0.5, 0.6) is 0 Å². The number of hydrogen-bond donors (Lipinski definition) is 2. The molecule has 2 aromatic rings. The SMILES string of the molecule is CN1CCC(CNCc2ccc3[nH]ccc3c2)CC1. The molecule has 0 aliphatic carbocycles. The number of piperidine rings is 1. The summed E-state index contributed by atoms with van der Waals surface area (Å²) in [5, 5.41) is 4.92. The Bertz CT molecular complexity index is 524. The smallest absolute Gasteiger partial charge is 0.0454 e. The van der Waals surface area contributed by atoms with Gasteiger partial charge in [-0.15, -0.1) is 0 Å². The van der Waals surface area contributed by atoms with E-state index >= 15 is 0 Å². The molecule has 0 amide bonds. The Hall–Kier alpha value is -1.32. The second-order valence-corrected chi connectivity index (χ2v) is 5.78. The monoisotopic (exact) mass is 257 g/mol. The van der Waals surface area contributed by atoms with E-state index in [2.05, 4.69) is 46.5 Å². The van der Waals surface area contributed by atoms with Crippen LogP contribution in [0.15, 0.2) is 30.5 Å². The predicted molar refractivity (Wildman–Crippen MR) is 80.2 cm³/mol. The highest BCUT2D eigenvalue weighted by molar-refractivity contribution is 5.79. The van der Waals surface area contributed by atoms with Gasteiger partial charge < -0.3 is 15.2 Å². The molecule has 1 aliphatic heterocycles. The highest BCUT2D eigenvalue weighted by atomic mass is 15.1. The van der Waals surface area contributed by atoms with Gasteiger partial charge in [0, 0.05) is 18.3 Å². The summed E-state index contributed by atoms with van der Waals surface area (Å²) < 4.78 is 0. The first-order valence-electron chi connectivity index (χ1n) is 7.26. The largest absolute Gasteiger partial charge is 0.361 e. The number of hydrogen-bond acceptors (Lipinski definition) is 2. The first-order chi connectivity index (χ1) is 9.31. The predicted octanol–water partition coefficient (Wildman–Crippen LogP) is 2.60. The number of H-pyrrole nitrogens is 1. The minimum atomic E-state index is 0.854. The van der Waals surface area contributed by atoms with E-state index in [9.17, 15) is 0 Å². The van der Waals surface area contributed by atoms with Crippen molar-refractivity contribution in [2.45, 2.75) is 19.4 Å². The van der Waals surface area contributed by atoms with Gasteiger partial charge in [0.1, 0.15) is 0 Å². The fourth-order valence-electron chi connectivity index (χ4n) is 2.90. The van der Waals surface area contributed by atoms with Crippen molar-refractivity contribution in [1.29, 1.82) is 0 Å². The second-order valence-electron chi connectivity index (χ2n) is 5.78. The summed E-state index contributed by atoms with van der Waals surface area (Å²) >= 11 is 0. The second kappa shape index (κ2) is 5.76. The van der Waals surface area contributed by atoms with Crippen LogP contribution in [0, 0.1) is 5.92 Å². The van der Waals surface area contributed by atoms with Crippen molar-refractivity contribution in [1.82, 2.24) is 15.2 Å². The fraction of sp³-hybridized carbons (Fsp3) is 0.500. The van der Waals surface area contributed by atoms with Crippen LogP contribution in [0.25, 0.3) is 10.9 Å². The van der Waals surface area contributed by atoms with Crippen molar-refractivity contribution in [3.63, 3.8) is 0 Å². The lowest BCUT2D eigenvalue weighted by Gasteiger charge is -2.29. The number of fused-ring (bicyclic) bond motifs is 1. The summed E-state index contributed by atoms with van der Waals surface area (Å²) in [6.45, 7) is 4.63. The Morgan fingerprint density at radius 1 is 1.26 bits per heavy atom. The van der Waals surface area contributed by atoms with Crippen molar-refractivity contribution in [2.75, 3.05) is 26.7 Å². The van der Waals surface area contributed by atoms with E-state index < -0.39 is 0 Å². The Labute approximate surface area is 115 Å². The average molecular weight is 257 g/mol. The van der Waals surface area contributed by atoms with E-state index in [-0.39, 0.29) is 0 Å². The summed E-state index contributed by atoms with van der Waals surface area (Å²) in [5.74, 6) is 0.854. The molecule has 3 nitrogen and oxygen atoms in total. The average Bonchev–Trinajstić information content (AvgIpc) is 2.88. The lowest BCUT2D eigenvalue weighted by molar-refractivity contribution is 0.216. The standard InChI is InChI=1S/C16H23N3/c1-19-8-5-13(6-9-19)11-17-12-14-2-3-16-15(10-14)4-7-18-16/h2-4,7,10,13,17-18H,5-6,8-9,11-12H2,1H3. The lowest BCUT2D eigenvalue weighted by Crippen LogP contribution is -2.34. The zero-order valence-corrected chi connectivity index (χ0v) is 11.7. The van der Waals surface area contributed by atoms with Gasteiger partial charge in [0.15, 0.2) is 0 Å². The normalized spacial score (nSPS) is 18.2. The van der Waals surface area contributed by atoms with Crippen LogP contribution >= 0.6 is 0 Å². The number of rotatable bonds is 4. The summed E-state index contributed by atoms with van der Waals surface area (Å²) in [6.07, 6.45) is 4.67. The zero-order chi connectivity index (χ0) is 13.1. The van der Waals surface area contributed by atoms with E-state index in [0.29, 0.717) is 0 Å². The number of aromatic nitrogens is 1. The third-order valence-corrected chi connectivity index (χ3v) is 4.22. The van der Waals surface area contributed by atoms with Crippen molar-refractivity contribution >= 4 is 10.9 Å². The molecule has 0 unspecified atom stereocenters. The van der Waals surface area contributed by atoms with Crippen molar-refractivity contribution < 1.29 is 0 Å². The molecule has 102 valence electrons. The molecule has 3 heteroatoms. The molecular weight excluding hydrogens is 234 g/mol. The van der Waals surface area contributed by atoms with Gasteiger partial charge in [-0.2, -0.15) is 0 Å². The molecular formula is C16H23N3. The van der Waals surface area contributed by atoms with Crippen LogP contribution < -0.4 is 5.32 Å². The molecule has 0 spiro atoms. The molecule has 1 aromatic carbocycles. The first kappa shape index (κ1) is 12.7. The van der Waals surface area contributed by atoms with Crippen molar-refractivity contribution in [3.05, 3.63) is 36.0 Å². The molecule has 2 N–H and O–H groups in total. The van der Waals surface area contributed by atoms with Gasteiger partial charge in [0.25, 0.3) is 0 Å². The molecule has 1 fully saturated rings. The van der Waals surface area contributed by atoms with E-state index in [1.165, 1.54) is 42.4 Å². The number of nitrogens with zero attached hydrogens (tertiary/aromatic N) is 1. The molecule has 3 rings (SSSR count). The van der Waals surface area contributed by atoms with E-state index in [4.69, 9.17) is 0 Å². The van der Waals surface area contributed by atoms with Crippen LogP contribution in [0.4, 0.5) is 0 Å². The molecule has 1 saturated heterocycles. The molecule has 0 radical (unpaired) electrons. The topological polar surface area (TPSA) is 31.1 Å². The molecule has 0 atom stereocenters. The maximum atomic E-state index is 3.61. The highest BCUT2D eigenvalue weighted by Crippen LogP contribution is 2.16. The van der Waals surface area contributed by atoms with E-state index in [1.807, 2.05) is 6.20 Å². The number of likely N-dealkylation sites (tertiary alicyclic amines) is 1. The minimum Gasteiger partial charge on any atom is -0.361 e. The summed E-state index contributed by atoms with van der Waals surface area (Å²) in [4.78, 5) is 5.66. The summed E-state index contributed by atoms with van der Waals surface area (Å²) in [6, 6.07) is 8.78. The highest BCUT2D eigenvalue weighted by Gasteiger charge is 2.15. The summed E-state index contributed by atoms with van der Waals surface area (Å²) in [7, 11) is 2.22. The minimum absolute atomic E-state index is 0.854. The lowest BCUT2D eigenvalue weighted by atomic mass is 9.97. The third kappa shape index (κ3) is 3.17. The van der Waals surface area contributed by atoms with Gasteiger partial charge in [-0.1, -0.05) is 6.07 Å². The van der Waals surface area contributed by atoms with E-state index in [1.54, 1.807) is 0 Å². The maximum absolute atomic E-state index is 3.61.